The number of amides is 3. The summed E-state index contributed by atoms with van der Waals surface area (Å²) in [6, 6.07) is 8.07. The number of hydrogen-bond donors (Lipinski definition) is 3. The van der Waals surface area contributed by atoms with Crippen LogP contribution in [0.25, 0.3) is 21.3 Å². The average molecular weight is 487 g/mol. The number of rotatable bonds is 8. The van der Waals surface area contributed by atoms with Gasteiger partial charge in [0.1, 0.15) is 16.6 Å². The van der Waals surface area contributed by atoms with Crippen molar-refractivity contribution in [3.05, 3.63) is 41.2 Å². The third-order valence-electron chi connectivity index (χ3n) is 5.16. The highest BCUT2D eigenvalue weighted by molar-refractivity contribution is 7.18. The molecule has 3 N–H and O–H groups in total. The van der Waals surface area contributed by atoms with E-state index in [1.807, 2.05) is 0 Å². The molecule has 0 aliphatic heterocycles. The van der Waals surface area contributed by atoms with Crippen molar-refractivity contribution in [3.8, 4) is 16.9 Å². The number of methoxy groups -OCH3 is 2. The Morgan fingerprint density at radius 3 is 2.65 bits per heavy atom. The lowest BCUT2D eigenvalue weighted by atomic mass is 10.0. The molecule has 0 saturated heterocycles. The number of fused-ring (bicyclic) bond motifs is 1. The number of carbonyl (C=O) groups is 3. The van der Waals surface area contributed by atoms with Gasteiger partial charge in [0.25, 0.3) is 0 Å². The summed E-state index contributed by atoms with van der Waals surface area (Å²) < 4.78 is 25.5. The summed E-state index contributed by atoms with van der Waals surface area (Å²) in [7, 11) is 2.69. The second-order valence-electron chi connectivity index (χ2n) is 7.73. The fourth-order valence-corrected chi connectivity index (χ4v) is 4.29. The molecule has 3 aromatic rings. The first-order chi connectivity index (χ1) is 16.4. The van der Waals surface area contributed by atoms with E-state index in [1.54, 1.807) is 24.3 Å². The predicted molar refractivity (Wildman–Crippen MR) is 125 cm³/mol. The molecule has 0 atom stereocenters. The second-order valence-corrected chi connectivity index (χ2v) is 8.85. The summed E-state index contributed by atoms with van der Waals surface area (Å²) in [5.74, 6) is -0.685. The molecule has 11 heteroatoms. The van der Waals surface area contributed by atoms with E-state index >= 15 is 0 Å². The molecule has 9 nitrogen and oxygen atoms in total. The van der Waals surface area contributed by atoms with E-state index in [9.17, 15) is 18.8 Å². The summed E-state index contributed by atoms with van der Waals surface area (Å²) in [5.41, 5.74) is 1.70. The number of carbonyl (C=O) groups excluding carboxylic acids is 3. The van der Waals surface area contributed by atoms with Crippen molar-refractivity contribution in [1.29, 1.82) is 0 Å². The van der Waals surface area contributed by atoms with E-state index in [2.05, 4.69) is 25.7 Å². The van der Waals surface area contributed by atoms with Gasteiger partial charge in [-0.2, -0.15) is 0 Å². The average Bonchev–Trinajstić information content (AvgIpc) is 3.55. The Bertz CT molecular complexity index is 1260. The first-order valence-corrected chi connectivity index (χ1v) is 11.4. The van der Waals surface area contributed by atoms with Crippen LogP contribution < -0.4 is 20.7 Å². The standard InChI is InChI=1S/C23H23FN4O5S/c1-32-18-7-12(3-6-16(18)28-23(31)33-2)14-8-19-17(9-15(14)24)27-22(34-19)10-20(29)25-11-21(30)26-13-4-5-13/h3,6-9,13H,4-5,10-11H2,1-2H3,(H,25,29)(H,26,30)(H,28,31). The highest BCUT2D eigenvalue weighted by atomic mass is 32.1. The maximum absolute atomic E-state index is 14.9. The fraction of sp³-hybridized carbons (Fsp3) is 0.304. The van der Waals surface area contributed by atoms with Crippen LogP contribution in [0.3, 0.4) is 0 Å². The molecule has 3 amide bonds. The molecule has 0 radical (unpaired) electrons. The number of nitrogens with zero attached hydrogens (tertiary/aromatic N) is 1. The van der Waals surface area contributed by atoms with Gasteiger partial charge >= 0.3 is 6.09 Å². The SMILES string of the molecule is COC(=O)Nc1ccc(-c2cc3sc(CC(=O)NCC(=O)NC4CC4)nc3cc2F)cc1OC. The summed E-state index contributed by atoms with van der Waals surface area (Å²) in [6.07, 6.45) is 1.30. The number of benzene rings is 2. The number of nitrogens with one attached hydrogen (secondary N) is 3. The number of hydrogen-bond acceptors (Lipinski definition) is 7. The number of ether oxygens (including phenoxy) is 2. The minimum atomic E-state index is -0.650. The predicted octanol–water partition coefficient (Wildman–Crippen LogP) is 3.23. The summed E-state index contributed by atoms with van der Waals surface area (Å²) in [6.45, 7) is -0.0817. The number of aromatic nitrogens is 1. The Balaban J connectivity index is 1.49. The van der Waals surface area contributed by atoms with E-state index < -0.39 is 11.9 Å². The summed E-state index contributed by atoms with van der Waals surface area (Å²) >= 11 is 1.28. The molecule has 34 heavy (non-hydrogen) atoms. The van der Waals surface area contributed by atoms with E-state index in [0.29, 0.717) is 37.8 Å². The van der Waals surface area contributed by atoms with Crippen LogP contribution in [-0.4, -0.2) is 49.7 Å². The number of halogens is 1. The van der Waals surface area contributed by atoms with Crippen LogP contribution in [0.5, 0.6) is 5.75 Å². The maximum Gasteiger partial charge on any atom is 0.411 e. The molecule has 178 valence electrons. The second kappa shape index (κ2) is 10.0. The van der Waals surface area contributed by atoms with Crippen LogP contribution in [-0.2, 0) is 20.7 Å². The Morgan fingerprint density at radius 2 is 1.94 bits per heavy atom. The van der Waals surface area contributed by atoms with Gasteiger partial charge in [-0.15, -0.1) is 11.3 Å². The van der Waals surface area contributed by atoms with Crippen molar-refractivity contribution in [2.75, 3.05) is 26.1 Å². The van der Waals surface area contributed by atoms with Crippen molar-refractivity contribution >= 4 is 45.1 Å². The largest absolute Gasteiger partial charge is 0.495 e. The molecule has 1 aliphatic rings. The van der Waals surface area contributed by atoms with E-state index in [0.717, 1.165) is 12.8 Å². The monoisotopic (exact) mass is 486 g/mol. The molecule has 0 spiro atoms. The van der Waals surface area contributed by atoms with Gasteiger partial charge in [0.15, 0.2) is 0 Å². The van der Waals surface area contributed by atoms with Gasteiger partial charge in [-0.3, -0.25) is 14.9 Å². The van der Waals surface area contributed by atoms with Gasteiger partial charge in [0.2, 0.25) is 11.8 Å². The molecule has 2 aromatic carbocycles. The zero-order valence-corrected chi connectivity index (χ0v) is 19.4. The van der Waals surface area contributed by atoms with Crippen molar-refractivity contribution < 1.29 is 28.2 Å². The first kappa shape index (κ1) is 23.4. The van der Waals surface area contributed by atoms with Gasteiger partial charge in [-0.1, -0.05) is 6.07 Å². The van der Waals surface area contributed by atoms with Crippen molar-refractivity contribution in [2.24, 2.45) is 0 Å². The van der Waals surface area contributed by atoms with Crippen LogP contribution >= 0.6 is 11.3 Å². The van der Waals surface area contributed by atoms with E-state index in [1.165, 1.54) is 31.6 Å². The maximum atomic E-state index is 14.9. The Hall–Kier alpha value is -3.73. The molecule has 0 bridgehead atoms. The molecule has 1 heterocycles. The van der Waals surface area contributed by atoms with Gasteiger partial charge in [0, 0.05) is 17.7 Å². The number of anilines is 1. The van der Waals surface area contributed by atoms with Crippen molar-refractivity contribution in [3.63, 3.8) is 0 Å². The fourth-order valence-electron chi connectivity index (χ4n) is 3.30. The first-order valence-electron chi connectivity index (χ1n) is 10.5. The highest BCUT2D eigenvalue weighted by Crippen LogP contribution is 2.35. The van der Waals surface area contributed by atoms with Gasteiger partial charge in [-0.05, 0) is 36.6 Å². The minimum absolute atomic E-state index is 0.00523. The highest BCUT2D eigenvalue weighted by Gasteiger charge is 2.23. The summed E-state index contributed by atoms with van der Waals surface area (Å²) in [4.78, 5) is 39.8. The molecular formula is C23H23FN4O5S. The van der Waals surface area contributed by atoms with Crippen LogP contribution in [0.15, 0.2) is 30.3 Å². The summed E-state index contributed by atoms with van der Waals surface area (Å²) in [5, 5.41) is 8.43. The number of thiazole rings is 1. The van der Waals surface area contributed by atoms with Crippen molar-refractivity contribution in [2.45, 2.75) is 25.3 Å². The normalized spacial score (nSPS) is 12.8. The lowest BCUT2D eigenvalue weighted by molar-refractivity contribution is -0.125. The third kappa shape index (κ3) is 5.60. The zero-order valence-electron chi connectivity index (χ0n) is 18.6. The van der Waals surface area contributed by atoms with Gasteiger partial charge in [0.05, 0.1) is 43.1 Å². The smallest absolute Gasteiger partial charge is 0.411 e. The molecule has 4 rings (SSSR count). The van der Waals surface area contributed by atoms with Crippen molar-refractivity contribution in [1.82, 2.24) is 15.6 Å². The zero-order chi connectivity index (χ0) is 24.2. The van der Waals surface area contributed by atoms with Crippen LogP contribution in [0.4, 0.5) is 14.9 Å². The quantitative estimate of drug-likeness (QED) is 0.450. The van der Waals surface area contributed by atoms with Gasteiger partial charge < -0.3 is 20.1 Å². The molecule has 0 unspecified atom stereocenters. The topological polar surface area (TPSA) is 119 Å². The molecule has 1 saturated carbocycles. The van der Waals surface area contributed by atoms with Crippen LogP contribution in [0.1, 0.15) is 17.8 Å². The lowest BCUT2D eigenvalue weighted by Crippen LogP contribution is -2.38. The molecular weight excluding hydrogens is 463 g/mol. The molecule has 1 fully saturated rings. The third-order valence-corrected chi connectivity index (χ3v) is 6.17. The lowest BCUT2D eigenvalue weighted by Gasteiger charge is -2.12. The van der Waals surface area contributed by atoms with Crippen LogP contribution in [0, 0.1) is 5.82 Å². The Kier molecular flexibility index (Phi) is 6.92. The van der Waals surface area contributed by atoms with Crippen LogP contribution in [0.2, 0.25) is 0 Å². The Morgan fingerprint density at radius 1 is 1.15 bits per heavy atom. The Labute approximate surface area is 198 Å². The van der Waals surface area contributed by atoms with E-state index in [4.69, 9.17) is 4.74 Å². The molecule has 1 aromatic heterocycles. The van der Waals surface area contributed by atoms with Gasteiger partial charge in [-0.25, -0.2) is 14.2 Å². The minimum Gasteiger partial charge on any atom is -0.495 e. The van der Waals surface area contributed by atoms with E-state index in [-0.39, 0.29) is 30.8 Å². The molecule has 1 aliphatic carbocycles.